The van der Waals surface area contributed by atoms with Crippen LogP contribution in [0.15, 0.2) is 41.4 Å². The minimum absolute atomic E-state index is 0.333. The zero-order valence-corrected chi connectivity index (χ0v) is 18.7. The Labute approximate surface area is 179 Å². The number of aliphatic imine (C=N–C) groups is 1. The molecule has 0 radical (unpaired) electrons. The number of ether oxygens (including phenoxy) is 1. The Balaban J connectivity index is 1.62. The Morgan fingerprint density at radius 3 is 2.76 bits per heavy atom. The van der Waals surface area contributed by atoms with Crippen molar-refractivity contribution in [2.75, 3.05) is 45.7 Å². The average molecular weight is 417 g/mol. The number of hydrogen-bond acceptors (Lipinski definition) is 4. The molecule has 0 unspecified atom stereocenters. The standard InChI is InChI=1S/C23H33ClN4O/c1-17(2)28(4)23(29-16-19-10-7-15-27(19)3)26-14-13-25-21-12-6-9-18-8-5-11-20(24)22(18)21/h5-6,8-9,11-12,17,19,25H,7,10,13-16H2,1-4H3/b26-23+/t19-/m0/s1. The predicted octanol–water partition coefficient (Wildman–Crippen LogP) is 4.71. The molecule has 1 atom stereocenters. The number of hydrogen-bond donors (Lipinski definition) is 1. The van der Waals surface area contributed by atoms with Crippen molar-refractivity contribution in [3.63, 3.8) is 0 Å². The van der Waals surface area contributed by atoms with E-state index in [0.29, 0.717) is 31.8 Å². The molecule has 1 aliphatic heterocycles. The van der Waals surface area contributed by atoms with E-state index in [4.69, 9.17) is 21.3 Å². The molecule has 0 bridgehead atoms. The Hall–Kier alpha value is -1.98. The van der Waals surface area contributed by atoms with Crippen LogP contribution in [-0.4, -0.2) is 68.2 Å². The minimum Gasteiger partial charge on any atom is -0.463 e. The molecule has 1 heterocycles. The summed E-state index contributed by atoms with van der Waals surface area (Å²) in [5.74, 6) is 0. The number of amidine groups is 1. The average Bonchev–Trinajstić information content (AvgIpc) is 3.11. The highest BCUT2D eigenvalue weighted by Gasteiger charge is 2.23. The molecule has 158 valence electrons. The predicted molar refractivity (Wildman–Crippen MR) is 124 cm³/mol. The maximum absolute atomic E-state index is 6.42. The van der Waals surface area contributed by atoms with Gasteiger partial charge in [-0.15, -0.1) is 0 Å². The molecule has 0 saturated carbocycles. The van der Waals surface area contributed by atoms with Crippen molar-refractivity contribution in [1.29, 1.82) is 0 Å². The molecular weight excluding hydrogens is 384 g/mol. The number of nitrogens with one attached hydrogen (secondary N) is 1. The van der Waals surface area contributed by atoms with E-state index in [1.54, 1.807) is 0 Å². The fraction of sp³-hybridized carbons (Fsp3) is 0.522. The molecule has 1 N–H and O–H groups in total. The van der Waals surface area contributed by atoms with Crippen LogP contribution >= 0.6 is 11.6 Å². The number of fused-ring (bicyclic) bond motifs is 1. The van der Waals surface area contributed by atoms with E-state index in [1.807, 2.05) is 25.2 Å². The summed E-state index contributed by atoms with van der Waals surface area (Å²) < 4.78 is 6.15. The van der Waals surface area contributed by atoms with E-state index < -0.39 is 0 Å². The maximum atomic E-state index is 6.42. The first-order valence-corrected chi connectivity index (χ1v) is 10.9. The van der Waals surface area contributed by atoms with Crippen LogP contribution in [-0.2, 0) is 4.74 Å². The van der Waals surface area contributed by atoms with Crippen LogP contribution in [0.4, 0.5) is 5.69 Å². The van der Waals surface area contributed by atoms with Gasteiger partial charge in [-0.1, -0.05) is 35.9 Å². The number of nitrogens with zero attached hydrogens (tertiary/aromatic N) is 3. The van der Waals surface area contributed by atoms with Gasteiger partial charge in [0.05, 0.1) is 11.6 Å². The molecule has 0 aliphatic carbocycles. The number of benzene rings is 2. The normalized spacial score (nSPS) is 17.9. The second-order valence-electron chi connectivity index (χ2n) is 8.03. The molecule has 3 rings (SSSR count). The lowest BCUT2D eigenvalue weighted by molar-refractivity contribution is 0.160. The molecule has 29 heavy (non-hydrogen) atoms. The van der Waals surface area contributed by atoms with Crippen LogP contribution in [0.2, 0.25) is 5.02 Å². The van der Waals surface area contributed by atoms with E-state index in [-0.39, 0.29) is 0 Å². The second kappa shape index (κ2) is 10.2. The zero-order chi connectivity index (χ0) is 20.8. The fourth-order valence-electron chi connectivity index (χ4n) is 3.63. The highest BCUT2D eigenvalue weighted by Crippen LogP contribution is 2.30. The Morgan fingerprint density at radius 1 is 1.31 bits per heavy atom. The second-order valence-corrected chi connectivity index (χ2v) is 8.43. The lowest BCUT2D eigenvalue weighted by atomic mass is 10.1. The largest absolute Gasteiger partial charge is 0.463 e. The van der Waals surface area contributed by atoms with Gasteiger partial charge in [-0.3, -0.25) is 0 Å². The quantitative estimate of drug-likeness (QED) is 0.403. The molecule has 0 amide bonds. The number of halogens is 1. The van der Waals surface area contributed by atoms with E-state index >= 15 is 0 Å². The number of likely N-dealkylation sites (tertiary alicyclic amines) is 1. The molecule has 2 aromatic carbocycles. The summed E-state index contributed by atoms with van der Waals surface area (Å²) in [4.78, 5) is 9.23. The third-order valence-electron chi connectivity index (χ3n) is 5.68. The van der Waals surface area contributed by atoms with Gasteiger partial charge in [-0.05, 0) is 57.8 Å². The van der Waals surface area contributed by atoms with Gasteiger partial charge in [0.1, 0.15) is 6.61 Å². The monoisotopic (exact) mass is 416 g/mol. The highest BCUT2D eigenvalue weighted by molar-refractivity contribution is 6.36. The molecule has 1 aliphatic rings. The number of likely N-dealkylation sites (N-methyl/N-ethyl adjacent to an activating group) is 1. The van der Waals surface area contributed by atoms with Crippen molar-refractivity contribution in [2.45, 2.75) is 38.8 Å². The summed E-state index contributed by atoms with van der Waals surface area (Å²) in [5.41, 5.74) is 1.04. The summed E-state index contributed by atoms with van der Waals surface area (Å²) >= 11 is 6.42. The van der Waals surface area contributed by atoms with E-state index in [1.165, 1.54) is 12.8 Å². The summed E-state index contributed by atoms with van der Waals surface area (Å²) in [5, 5.41) is 6.44. The van der Waals surface area contributed by atoms with Gasteiger partial charge in [-0.2, -0.15) is 0 Å². The Morgan fingerprint density at radius 2 is 2.07 bits per heavy atom. The van der Waals surface area contributed by atoms with E-state index in [2.05, 4.69) is 54.2 Å². The molecule has 0 aromatic heterocycles. The molecule has 1 saturated heterocycles. The Bertz CT molecular complexity index is 833. The van der Waals surface area contributed by atoms with Crippen LogP contribution in [0.3, 0.4) is 0 Å². The fourth-order valence-corrected chi connectivity index (χ4v) is 3.91. The first-order valence-electron chi connectivity index (χ1n) is 10.5. The van der Waals surface area contributed by atoms with Gasteiger partial charge in [0.15, 0.2) is 0 Å². The molecular formula is C23H33ClN4O. The highest BCUT2D eigenvalue weighted by atomic mass is 35.5. The van der Waals surface area contributed by atoms with Crippen molar-refractivity contribution >= 4 is 34.1 Å². The van der Waals surface area contributed by atoms with Gasteiger partial charge in [0.25, 0.3) is 6.02 Å². The van der Waals surface area contributed by atoms with Crippen molar-refractivity contribution in [3.05, 3.63) is 41.4 Å². The van der Waals surface area contributed by atoms with Crippen molar-refractivity contribution < 1.29 is 4.74 Å². The number of rotatable bonds is 7. The topological polar surface area (TPSA) is 40.1 Å². The van der Waals surface area contributed by atoms with Gasteiger partial charge in [-0.25, -0.2) is 4.99 Å². The molecule has 2 aromatic rings. The van der Waals surface area contributed by atoms with Gasteiger partial charge < -0.3 is 19.9 Å². The summed E-state index contributed by atoms with van der Waals surface area (Å²) in [7, 11) is 4.21. The third-order valence-corrected chi connectivity index (χ3v) is 6.00. The van der Waals surface area contributed by atoms with Crippen LogP contribution in [0.5, 0.6) is 0 Å². The first kappa shape index (κ1) is 21.7. The lowest BCUT2D eigenvalue weighted by Crippen LogP contribution is -2.38. The van der Waals surface area contributed by atoms with Crippen LogP contribution in [0.25, 0.3) is 10.8 Å². The molecule has 1 fully saturated rings. The lowest BCUT2D eigenvalue weighted by Gasteiger charge is -2.27. The third kappa shape index (κ3) is 5.55. The summed E-state index contributed by atoms with van der Waals surface area (Å²) in [6.45, 7) is 7.49. The molecule has 6 heteroatoms. The number of anilines is 1. The SMILES string of the molecule is CC(C)N(C)/C(=N\CCNc1cccc2cccc(Cl)c12)OC[C@@H]1CCCN1C. The smallest absolute Gasteiger partial charge is 0.287 e. The van der Waals surface area contributed by atoms with Crippen molar-refractivity contribution in [1.82, 2.24) is 9.80 Å². The maximum Gasteiger partial charge on any atom is 0.287 e. The van der Waals surface area contributed by atoms with Gasteiger partial charge >= 0.3 is 0 Å². The van der Waals surface area contributed by atoms with Crippen LogP contribution < -0.4 is 5.32 Å². The van der Waals surface area contributed by atoms with Crippen molar-refractivity contribution in [3.8, 4) is 0 Å². The van der Waals surface area contributed by atoms with Crippen LogP contribution in [0.1, 0.15) is 26.7 Å². The molecule has 0 spiro atoms. The minimum atomic E-state index is 0.333. The zero-order valence-electron chi connectivity index (χ0n) is 18.0. The van der Waals surface area contributed by atoms with E-state index in [0.717, 1.165) is 34.0 Å². The summed E-state index contributed by atoms with van der Waals surface area (Å²) in [6.07, 6.45) is 2.44. The Kier molecular flexibility index (Phi) is 7.62. The first-order chi connectivity index (χ1) is 14.0. The van der Waals surface area contributed by atoms with Gasteiger partial charge in [0, 0.05) is 36.7 Å². The van der Waals surface area contributed by atoms with Gasteiger partial charge in [0.2, 0.25) is 0 Å². The van der Waals surface area contributed by atoms with Crippen LogP contribution in [0, 0.1) is 0 Å². The van der Waals surface area contributed by atoms with Crippen molar-refractivity contribution in [2.24, 2.45) is 4.99 Å². The summed E-state index contributed by atoms with van der Waals surface area (Å²) in [6, 6.07) is 13.7. The van der Waals surface area contributed by atoms with E-state index in [9.17, 15) is 0 Å². The molecule has 5 nitrogen and oxygen atoms in total.